The lowest BCUT2D eigenvalue weighted by atomic mass is 10.2. The highest BCUT2D eigenvalue weighted by Gasteiger charge is 2.08. The van der Waals surface area contributed by atoms with Crippen molar-refractivity contribution in [1.82, 2.24) is 0 Å². The average molecular weight is 260 g/mol. The predicted octanol–water partition coefficient (Wildman–Crippen LogP) is 1.46. The van der Waals surface area contributed by atoms with Crippen LogP contribution in [0.2, 0.25) is 5.02 Å². The summed E-state index contributed by atoms with van der Waals surface area (Å²) in [6, 6.07) is 4.64. The number of anilines is 1. The van der Waals surface area contributed by atoms with Gasteiger partial charge in [0, 0.05) is 12.2 Å². The van der Waals surface area contributed by atoms with E-state index in [1.54, 1.807) is 12.1 Å². The molecule has 0 fully saturated rings. The summed E-state index contributed by atoms with van der Waals surface area (Å²) in [7, 11) is 0. The molecule has 1 aromatic rings. The summed E-state index contributed by atoms with van der Waals surface area (Å²) in [6.45, 7) is 1.32. The first-order chi connectivity index (χ1) is 8.15. The summed E-state index contributed by atoms with van der Waals surface area (Å²) in [5.74, 6) is -1.05. The first-order valence-electron chi connectivity index (χ1n) is 5.10. The Kier molecular flexibility index (Phi) is 5.76. The zero-order valence-electron chi connectivity index (χ0n) is 9.15. The van der Waals surface area contributed by atoms with Gasteiger partial charge in [0.05, 0.1) is 30.4 Å². The molecule has 3 N–H and O–H groups in total. The van der Waals surface area contributed by atoms with Crippen LogP contribution >= 0.6 is 11.6 Å². The number of rotatable bonds is 7. The summed E-state index contributed by atoms with van der Waals surface area (Å²) in [4.78, 5) is 10.7. The lowest BCUT2D eigenvalue weighted by Crippen LogP contribution is -2.11. The highest BCUT2D eigenvalue weighted by Crippen LogP contribution is 2.20. The normalized spacial score (nSPS) is 10.2. The number of aliphatic hydroxyl groups is 1. The van der Waals surface area contributed by atoms with E-state index in [1.165, 1.54) is 6.07 Å². The third-order valence-electron chi connectivity index (χ3n) is 2.01. The summed E-state index contributed by atoms with van der Waals surface area (Å²) < 4.78 is 5.06. The van der Waals surface area contributed by atoms with E-state index in [4.69, 9.17) is 26.6 Å². The highest BCUT2D eigenvalue weighted by atomic mass is 35.5. The van der Waals surface area contributed by atoms with Crippen molar-refractivity contribution < 1.29 is 19.7 Å². The van der Waals surface area contributed by atoms with E-state index in [0.717, 1.165) is 5.69 Å². The molecule has 0 bridgehead atoms. The largest absolute Gasteiger partial charge is 0.478 e. The van der Waals surface area contributed by atoms with Crippen LogP contribution in [0.4, 0.5) is 5.69 Å². The second-order valence-electron chi connectivity index (χ2n) is 3.26. The van der Waals surface area contributed by atoms with Gasteiger partial charge in [-0.15, -0.1) is 0 Å². The molecule has 5 nitrogen and oxygen atoms in total. The number of aromatic carboxylic acids is 1. The zero-order valence-corrected chi connectivity index (χ0v) is 9.91. The fourth-order valence-electron chi connectivity index (χ4n) is 1.23. The maximum absolute atomic E-state index is 10.7. The number of nitrogens with one attached hydrogen (secondary N) is 1. The minimum atomic E-state index is -1.05. The third kappa shape index (κ3) is 4.60. The van der Waals surface area contributed by atoms with Gasteiger partial charge in [0.25, 0.3) is 0 Å². The lowest BCUT2D eigenvalue weighted by molar-refractivity contribution is 0.0697. The third-order valence-corrected chi connectivity index (χ3v) is 2.32. The van der Waals surface area contributed by atoms with Gasteiger partial charge in [0.1, 0.15) is 0 Å². The smallest absolute Gasteiger partial charge is 0.337 e. The van der Waals surface area contributed by atoms with Gasteiger partial charge >= 0.3 is 5.97 Å². The van der Waals surface area contributed by atoms with Gasteiger partial charge in [-0.05, 0) is 18.2 Å². The van der Waals surface area contributed by atoms with Crippen LogP contribution < -0.4 is 5.32 Å². The molecule has 17 heavy (non-hydrogen) atoms. The fourth-order valence-corrected chi connectivity index (χ4v) is 1.49. The molecule has 0 amide bonds. The van der Waals surface area contributed by atoms with Crippen molar-refractivity contribution >= 4 is 23.3 Å². The minimum Gasteiger partial charge on any atom is -0.478 e. The van der Waals surface area contributed by atoms with Crippen molar-refractivity contribution in [3.8, 4) is 0 Å². The van der Waals surface area contributed by atoms with Gasteiger partial charge in [0.15, 0.2) is 0 Å². The summed E-state index contributed by atoms with van der Waals surface area (Å²) in [5.41, 5.74) is 0.807. The number of benzene rings is 1. The van der Waals surface area contributed by atoms with Gasteiger partial charge in [-0.3, -0.25) is 0 Å². The maximum Gasteiger partial charge on any atom is 0.337 e. The van der Waals surface area contributed by atoms with Crippen LogP contribution in [0.1, 0.15) is 10.4 Å². The molecule has 1 aromatic carbocycles. The van der Waals surface area contributed by atoms with Crippen molar-refractivity contribution in [2.45, 2.75) is 0 Å². The lowest BCUT2D eigenvalue weighted by Gasteiger charge is -2.08. The number of carbonyl (C=O) groups is 1. The molecule has 0 aromatic heterocycles. The van der Waals surface area contributed by atoms with E-state index in [9.17, 15) is 4.79 Å². The predicted molar refractivity (Wildman–Crippen MR) is 64.8 cm³/mol. The van der Waals surface area contributed by atoms with Crippen molar-refractivity contribution in [2.24, 2.45) is 0 Å². The molecule has 0 aliphatic rings. The Morgan fingerprint density at radius 3 is 2.76 bits per heavy atom. The first-order valence-corrected chi connectivity index (χ1v) is 5.48. The monoisotopic (exact) mass is 259 g/mol. The maximum atomic E-state index is 10.7. The van der Waals surface area contributed by atoms with Gasteiger partial charge in [-0.2, -0.15) is 0 Å². The van der Waals surface area contributed by atoms with Gasteiger partial charge < -0.3 is 20.3 Å². The summed E-state index contributed by atoms with van der Waals surface area (Å²) in [6.07, 6.45) is 0. The molecule has 0 heterocycles. The quantitative estimate of drug-likeness (QED) is 0.646. The van der Waals surface area contributed by atoms with Crippen LogP contribution in [0.5, 0.6) is 0 Å². The van der Waals surface area contributed by atoms with Crippen LogP contribution in [-0.4, -0.2) is 42.5 Å². The number of hydrogen-bond acceptors (Lipinski definition) is 4. The minimum absolute atomic E-state index is 0.000856. The van der Waals surface area contributed by atoms with Gasteiger partial charge in [-0.1, -0.05) is 11.6 Å². The van der Waals surface area contributed by atoms with Crippen LogP contribution in [0, 0.1) is 0 Å². The van der Waals surface area contributed by atoms with Crippen molar-refractivity contribution in [2.75, 3.05) is 31.7 Å². The summed E-state index contributed by atoms with van der Waals surface area (Å²) in [5, 5.41) is 20.5. The highest BCUT2D eigenvalue weighted by molar-refractivity contribution is 6.33. The van der Waals surface area contributed by atoms with Crippen LogP contribution in [-0.2, 0) is 4.74 Å². The summed E-state index contributed by atoms with van der Waals surface area (Å²) >= 11 is 5.80. The number of carboxylic acids is 1. The Balaban J connectivity index is 2.45. The molecule has 0 radical (unpaired) electrons. The molecular formula is C11H14ClNO4. The van der Waals surface area contributed by atoms with E-state index < -0.39 is 5.97 Å². The molecule has 1 rings (SSSR count). The molecule has 6 heteroatoms. The molecule has 0 spiro atoms. The molecule has 0 aliphatic carbocycles. The number of ether oxygens (including phenoxy) is 1. The number of halogens is 1. The standard InChI is InChI=1S/C11H14ClNO4/c12-10-7-8(1-2-9(10)11(15)16)13-3-5-17-6-4-14/h1-2,7,13-14H,3-6H2,(H,15,16). The van der Waals surface area contributed by atoms with Crippen LogP contribution in [0.15, 0.2) is 18.2 Å². The van der Waals surface area contributed by atoms with Gasteiger partial charge in [-0.25, -0.2) is 4.79 Å². The molecule has 94 valence electrons. The molecule has 0 saturated carbocycles. The van der Waals surface area contributed by atoms with E-state index in [0.29, 0.717) is 19.8 Å². The number of aliphatic hydroxyl groups excluding tert-OH is 1. The van der Waals surface area contributed by atoms with E-state index in [2.05, 4.69) is 5.32 Å². The Hall–Kier alpha value is -1.30. The van der Waals surface area contributed by atoms with Crippen molar-refractivity contribution in [3.05, 3.63) is 28.8 Å². The van der Waals surface area contributed by atoms with Crippen molar-refractivity contribution in [3.63, 3.8) is 0 Å². The average Bonchev–Trinajstić information content (AvgIpc) is 2.28. The Morgan fingerprint density at radius 2 is 2.18 bits per heavy atom. The van der Waals surface area contributed by atoms with Crippen LogP contribution in [0.3, 0.4) is 0 Å². The van der Waals surface area contributed by atoms with Gasteiger partial charge in [0.2, 0.25) is 0 Å². The van der Waals surface area contributed by atoms with E-state index in [1.807, 2.05) is 0 Å². The Labute approximate surface area is 104 Å². The topological polar surface area (TPSA) is 78.8 Å². The second-order valence-corrected chi connectivity index (χ2v) is 3.67. The Morgan fingerprint density at radius 1 is 1.41 bits per heavy atom. The SMILES string of the molecule is O=C(O)c1ccc(NCCOCCO)cc1Cl. The van der Waals surface area contributed by atoms with E-state index in [-0.39, 0.29) is 17.2 Å². The number of carboxylic acid groups (broad SMARTS) is 1. The molecule has 0 aliphatic heterocycles. The first kappa shape index (κ1) is 13.8. The fraction of sp³-hybridized carbons (Fsp3) is 0.364. The molecular weight excluding hydrogens is 246 g/mol. The molecule has 0 atom stereocenters. The number of hydrogen-bond donors (Lipinski definition) is 3. The van der Waals surface area contributed by atoms with Crippen molar-refractivity contribution in [1.29, 1.82) is 0 Å². The second kappa shape index (κ2) is 7.11. The Bertz CT molecular complexity index is 384. The molecule has 0 unspecified atom stereocenters. The zero-order chi connectivity index (χ0) is 12.7. The van der Waals surface area contributed by atoms with E-state index >= 15 is 0 Å². The molecule has 0 saturated heterocycles. The van der Waals surface area contributed by atoms with Crippen LogP contribution in [0.25, 0.3) is 0 Å².